The van der Waals surface area contributed by atoms with Crippen LogP contribution < -0.4 is 10.1 Å². The maximum absolute atomic E-state index is 14.7. The summed E-state index contributed by atoms with van der Waals surface area (Å²) >= 11 is 0. The van der Waals surface area contributed by atoms with Crippen LogP contribution in [0.3, 0.4) is 0 Å². The van der Waals surface area contributed by atoms with E-state index in [1.165, 1.54) is 7.11 Å². The Morgan fingerprint density at radius 3 is 2.38 bits per heavy atom. The van der Waals surface area contributed by atoms with Crippen LogP contribution in [-0.2, 0) is 27.8 Å². The fourth-order valence-electron chi connectivity index (χ4n) is 7.10. The minimum Gasteiger partial charge on any atom is -0.495 e. The van der Waals surface area contributed by atoms with Crippen LogP contribution in [0.25, 0.3) is 22.2 Å². The summed E-state index contributed by atoms with van der Waals surface area (Å²) in [6, 6.07) is 20.2. The molecular formula is C39H47FN4O5S. The molecule has 6 rings (SSSR count). The first-order valence-corrected chi connectivity index (χ1v) is 19.0. The molecule has 0 radical (unpaired) electrons. The highest BCUT2D eigenvalue weighted by molar-refractivity contribution is 7.92. The van der Waals surface area contributed by atoms with E-state index in [4.69, 9.17) is 14.5 Å². The lowest BCUT2D eigenvalue weighted by Crippen LogP contribution is -2.48. The normalized spacial score (nSPS) is 17.2. The molecule has 1 N–H and O–H groups in total. The molecule has 266 valence electrons. The second kappa shape index (κ2) is 15.6. The third-order valence-corrected chi connectivity index (χ3v) is 12.2. The number of hydrogen-bond donors (Lipinski definition) is 1. The molecule has 2 aliphatic rings. The molecule has 50 heavy (non-hydrogen) atoms. The van der Waals surface area contributed by atoms with Crippen molar-refractivity contribution in [2.24, 2.45) is 0 Å². The molecule has 2 saturated heterocycles. The van der Waals surface area contributed by atoms with Gasteiger partial charge in [-0.2, -0.15) is 0 Å². The topological polar surface area (TPSA) is 101 Å². The number of piperidine rings is 1. The van der Waals surface area contributed by atoms with Gasteiger partial charge in [0, 0.05) is 48.3 Å². The van der Waals surface area contributed by atoms with E-state index in [1.54, 1.807) is 44.2 Å². The van der Waals surface area contributed by atoms with Crippen LogP contribution in [0, 0.1) is 0 Å². The van der Waals surface area contributed by atoms with E-state index in [2.05, 4.69) is 15.1 Å². The first-order chi connectivity index (χ1) is 24.1. The van der Waals surface area contributed by atoms with Crippen molar-refractivity contribution in [2.45, 2.75) is 69.1 Å². The number of carbonyl (C=O) groups is 1. The number of fused-ring (bicyclic) bond motifs is 1. The number of hydrogen-bond acceptors (Lipinski definition) is 8. The van der Waals surface area contributed by atoms with Crippen LogP contribution in [0.2, 0.25) is 0 Å². The number of amides is 1. The van der Waals surface area contributed by atoms with Gasteiger partial charge in [0.1, 0.15) is 17.3 Å². The molecule has 1 aromatic heterocycles. The number of ether oxygens (including phenoxy) is 2. The van der Waals surface area contributed by atoms with E-state index < -0.39 is 21.8 Å². The number of benzene rings is 3. The summed E-state index contributed by atoms with van der Waals surface area (Å²) in [7, 11) is -2.37. The zero-order valence-electron chi connectivity index (χ0n) is 29.3. The molecule has 9 nitrogen and oxygen atoms in total. The summed E-state index contributed by atoms with van der Waals surface area (Å²) in [4.78, 5) is 24.7. The number of nitrogens with one attached hydrogen (secondary N) is 1. The third kappa shape index (κ3) is 7.56. The van der Waals surface area contributed by atoms with E-state index in [0.29, 0.717) is 51.4 Å². The van der Waals surface area contributed by atoms with E-state index in [1.807, 2.05) is 43.3 Å². The monoisotopic (exact) mass is 702 g/mol. The highest BCUT2D eigenvalue weighted by atomic mass is 32.2. The number of nitrogens with zero attached hydrogens (tertiary/aromatic N) is 3. The smallest absolute Gasteiger partial charge is 0.252 e. The number of likely N-dealkylation sites (tertiary alicyclic amines) is 1. The van der Waals surface area contributed by atoms with Gasteiger partial charge in [0.2, 0.25) is 0 Å². The van der Waals surface area contributed by atoms with Crippen molar-refractivity contribution in [2.75, 3.05) is 46.5 Å². The van der Waals surface area contributed by atoms with Crippen molar-refractivity contribution >= 4 is 26.6 Å². The van der Waals surface area contributed by atoms with Gasteiger partial charge in [-0.1, -0.05) is 48.5 Å². The lowest BCUT2D eigenvalue weighted by Gasteiger charge is -2.40. The number of alkyl halides is 1. The van der Waals surface area contributed by atoms with Gasteiger partial charge in [0.05, 0.1) is 48.4 Å². The van der Waals surface area contributed by atoms with Crippen molar-refractivity contribution in [3.63, 3.8) is 0 Å². The highest BCUT2D eigenvalue weighted by Gasteiger charge is 2.31. The maximum Gasteiger partial charge on any atom is 0.252 e. The molecule has 0 bridgehead atoms. The van der Waals surface area contributed by atoms with E-state index in [9.17, 15) is 17.6 Å². The Balaban J connectivity index is 1.52. The Morgan fingerprint density at radius 2 is 1.72 bits per heavy atom. The molecular weight excluding hydrogens is 656 g/mol. The predicted octanol–water partition coefficient (Wildman–Crippen LogP) is 6.35. The van der Waals surface area contributed by atoms with Gasteiger partial charge in [-0.25, -0.2) is 17.8 Å². The largest absolute Gasteiger partial charge is 0.495 e. The van der Waals surface area contributed by atoms with E-state index >= 15 is 0 Å². The summed E-state index contributed by atoms with van der Waals surface area (Å²) in [5, 5.41) is 2.91. The fraction of sp³-hybridized carbons (Fsp3) is 0.436. The maximum atomic E-state index is 14.7. The van der Waals surface area contributed by atoms with Crippen LogP contribution in [0.4, 0.5) is 4.39 Å². The zero-order valence-corrected chi connectivity index (χ0v) is 30.1. The van der Waals surface area contributed by atoms with Gasteiger partial charge < -0.3 is 14.8 Å². The number of sulfone groups is 1. The number of rotatable bonds is 11. The average molecular weight is 703 g/mol. The second-order valence-electron chi connectivity index (χ2n) is 13.5. The Morgan fingerprint density at radius 1 is 1.00 bits per heavy atom. The van der Waals surface area contributed by atoms with Crippen LogP contribution in [-0.4, -0.2) is 86.9 Å². The summed E-state index contributed by atoms with van der Waals surface area (Å²) in [6.07, 6.45) is 1.96. The quantitative estimate of drug-likeness (QED) is 0.193. The molecule has 0 unspecified atom stereocenters. The number of pyridine rings is 1. The summed E-state index contributed by atoms with van der Waals surface area (Å²) in [5.41, 5.74) is 4.13. The first-order valence-electron chi connectivity index (χ1n) is 17.4. The number of halogens is 1. The first kappa shape index (κ1) is 35.9. The van der Waals surface area contributed by atoms with Crippen LogP contribution in [0.1, 0.15) is 66.7 Å². The second-order valence-corrected chi connectivity index (χ2v) is 16.0. The van der Waals surface area contributed by atoms with Gasteiger partial charge in [0.15, 0.2) is 9.84 Å². The summed E-state index contributed by atoms with van der Waals surface area (Å²) in [6.45, 7) is 9.96. The molecule has 3 heterocycles. The minimum atomic E-state index is -3.80. The molecule has 0 spiro atoms. The Labute approximate surface area is 294 Å². The molecule has 2 fully saturated rings. The van der Waals surface area contributed by atoms with Gasteiger partial charge in [-0.15, -0.1) is 0 Å². The lowest BCUT2D eigenvalue weighted by atomic mass is 9.93. The summed E-state index contributed by atoms with van der Waals surface area (Å²) in [5.74, 6) is -0.183. The Bertz CT molecular complexity index is 1920. The average Bonchev–Trinajstić information content (AvgIpc) is 3.14. The summed E-state index contributed by atoms with van der Waals surface area (Å²) < 4.78 is 52.5. The van der Waals surface area contributed by atoms with Crippen molar-refractivity contribution in [1.82, 2.24) is 20.1 Å². The zero-order chi connectivity index (χ0) is 35.4. The third-order valence-electron chi connectivity index (χ3n) is 10.0. The number of aromatic nitrogens is 1. The van der Waals surface area contributed by atoms with Crippen molar-refractivity contribution < 1.29 is 27.1 Å². The number of methoxy groups -OCH3 is 1. The molecule has 0 saturated carbocycles. The van der Waals surface area contributed by atoms with Crippen molar-refractivity contribution in [3.8, 4) is 17.0 Å². The SMILES string of the molecule is COc1cc2nc(-c3cccc(CF)c3)c(CN3CCC(N4CCOCC4)CC3)c(C(=O)N[C@@H](C)c3ccccc3)c2cc1S(=O)(=O)C(C)C. The van der Waals surface area contributed by atoms with Crippen molar-refractivity contribution in [1.29, 1.82) is 0 Å². The lowest BCUT2D eigenvalue weighted by molar-refractivity contribution is 0.000225. The van der Waals surface area contributed by atoms with E-state index in [-0.39, 0.29) is 22.6 Å². The van der Waals surface area contributed by atoms with Gasteiger partial charge in [-0.05, 0) is 70.0 Å². The van der Waals surface area contributed by atoms with Crippen LogP contribution >= 0.6 is 0 Å². The number of carbonyl (C=O) groups excluding carboxylic acids is 1. The Kier molecular flexibility index (Phi) is 11.2. The number of morpholine rings is 1. The predicted molar refractivity (Wildman–Crippen MR) is 194 cm³/mol. The molecule has 11 heteroatoms. The van der Waals surface area contributed by atoms with Gasteiger partial charge >= 0.3 is 0 Å². The van der Waals surface area contributed by atoms with Crippen LogP contribution in [0.15, 0.2) is 71.6 Å². The minimum absolute atomic E-state index is 0.0129. The molecule has 2 aliphatic heterocycles. The van der Waals surface area contributed by atoms with E-state index in [0.717, 1.165) is 57.8 Å². The van der Waals surface area contributed by atoms with Crippen molar-refractivity contribution in [3.05, 3.63) is 89.0 Å². The molecule has 1 atom stereocenters. The molecule has 0 aliphatic carbocycles. The van der Waals surface area contributed by atoms with Gasteiger partial charge in [-0.3, -0.25) is 14.6 Å². The van der Waals surface area contributed by atoms with Crippen LogP contribution in [0.5, 0.6) is 5.75 Å². The molecule has 3 aromatic carbocycles. The fourth-order valence-corrected chi connectivity index (χ4v) is 8.32. The molecule has 1 amide bonds. The van der Waals surface area contributed by atoms with Gasteiger partial charge in [0.25, 0.3) is 5.91 Å². The molecule has 4 aromatic rings. The Hall–Kier alpha value is -3.90. The highest BCUT2D eigenvalue weighted by Crippen LogP contribution is 2.38. The standard InChI is InChI=1S/C39H47FN4O5S/c1-26(2)50(46,47)36-22-32-34(23-35(36)48-4)42-38(30-12-8-9-28(21-30)24-40)33(37(32)39(45)41-27(3)29-10-6-5-7-11-29)25-43-15-13-31(14-16-43)44-17-19-49-20-18-44/h5-12,21-23,26-27,31H,13-20,24-25H2,1-4H3,(H,41,45)/t27-/m0/s1.